The van der Waals surface area contributed by atoms with Crippen molar-refractivity contribution in [2.24, 2.45) is 5.16 Å². The number of carbonyl (C=O) groups is 1. The van der Waals surface area contributed by atoms with E-state index in [0.717, 1.165) is 24.4 Å². The number of hydrogen-bond acceptors (Lipinski definition) is 3. The van der Waals surface area contributed by atoms with Gasteiger partial charge in [-0.1, -0.05) is 23.4 Å². The summed E-state index contributed by atoms with van der Waals surface area (Å²) in [5.41, 5.74) is 0.503. The molecule has 0 bridgehead atoms. The smallest absolute Gasteiger partial charge is 0.313 e. The summed E-state index contributed by atoms with van der Waals surface area (Å²) in [6.07, 6.45) is 1.06. The SMILES string of the molecule is O=C(O/N=C/c1cc(F)cc(F)c1)c1ccccc1. The van der Waals surface area contributed by atoms with E-state index >= 15 is 0 Å². The zero-order chi connectivity index (χ0) is 13.7. The van der Waals surface area contributed by atoms with Crippen LogP contribution in [0.25, 0.3) is 0 Å². The van der Waals surface area contributed by atoms with Gasteiger partial charge in [-0.25, -0.2) is 13.6 Å². The lowest BCUT2D eigenvalue weighted by Crippen LogP contribution is -2.00. The van der Waals surface area contributed by atoms with Gasteiger partial charge in [0.1, 0.15) is 11.6 Å². The summed E-state index contributed by atoms with van der Waals surface area (Å²) in [7, 11) is 0. The molecule has 0 aliphatic carbocycles. The third kappa shape index (κ3) is 3.70. The van der Waals surface area contributed by atoms with Gasteiger partial charge in [0.25, 0.3) is 0 Å². The lowest BCUT2D eigenvalue weighted by molar-refractivity contribution is 0.0519. The number of benzene rings is 2. The van der Waals surface area contributed by atoms with Crippen LogP contribution in [0.5, 0.6) is 0 Å². The maximum atomic E-state index is 12.9. The van der Waals surface area contributed by atoms with E-state index in [4.69, 9.17) is 0 Å². The summed E-state index contributed by atoms with van der Waals surface area (Å²) in [6, 6.07) is 11.2. The summed E-state index contributed by atoms with van der Waals surface area (Å²) >= 11 is 0. The standard InChI is InChI=1S/C14H9F2NO2/c15-12-6-10(7-13(16)8-12)9-17-19-14(18)11-4-2-1-3-5-11/h1-9H/b17-9+. The third-order valence-electron chi connectivity index (χ3n) is 2.23. The van der Waals surface area contributed by atoms with Crippen molar-refractivity contribution in [3.05, 3.63) is 71.3 Å². The molecule has 0 heterocycles. The second-order valence-electron chi connectivity index (χ2n) is 3.68. The van der Waals surface area contributed by atoms with Crippen LogP contribution in [0.15, 0.2) is 53.7 Å². The van der Waals surface area contributed by atoms with Crippen LogP contribution in [0.1, 0.15) is 15.9 Å². The molecule has 0 radical (unpaired) electrons. The van der Waals surface area contributed by atoms with Crippen molar-refractivity contribution >= 4 is 12.2 Å². The first-order valence-corrected chi connectivity index (χ1v) is 5.41. The maximum Gasteiger partial charge on any atom is 0.365 e. The molecule has 0 saturated heterocycles. The fourth-order valence-corrected chi connectivity index (χ4v) is 1.41. The average molecular weight is 261 g/mol. The summed E-state index contributed by atoms with van der Waals surface area (Å²) in [5, 5.41) is 3.39. The van der Waals surface area contributed by atoms with Crippen molar-refractivity contribution in [1.29, 1.82) is 0 Å². The topological polar surface area (TPSA) is 38.7 Å². The molecule has 2 aromatic carbocycles. The van der Waals surface area contributed by atoms with Crippen LogP contribution in [-0.2, 0) is 4.84 Å². The van der Waals surface area contributed by atoms with E-state index in [1.165, 1.54) is 0 Å². The van der Waals surface area contributed by atoms with Gasteiger partial charge in [-0.3, -0.25) is 0 Å². The maximum absolute atomic E-state index is 12.9. The zero-order valence-electron chi connectivity index (χ0n) is 9.72. The predicted octanol–water partition coefficient (Wildman–Crippen LogP) is 3.16. The van der Waals surface area contributed by atoms with Crippen LogP contribution in [0.4, 0.5) is 8.78 Å². The lowest BCUT2D eigenvalue weighted by atomic mass is 10.2. The van der Waals surface area contributed by atoms with Gasteiger partial charge in [-0.2, -0.15) is 0 Å². The molecular weight excluding hydrogens is 252 g/mol. The van der Waals surface area contributed by atoms with Gasteiger partial charge in [-0.15, -0.1) is 0 Å². The molecule has 2 rings (SSSR count). The Balaban J connectivity index is 2.02. The van der Waals surface area contributed by atoms with Crippen LogP contribution in [0, 0.1) is 11.6 Å². The van der Waals surface area contributed by atoms with E-state index in [-0.39, 0.29) is 5.56 Å². The summed E-state index contributed by atoms with van der Waals surface area (Å²) in [4.78, 5) is 16.1. The molecule has 19 heavy (non-hydrogen) atoms. The minimum Gasteiger partial charge on any atom is -0.313 e. The van der Waals surface area contributed by atoms with Crippen molar-refractivity contribution < 1.29 is 18.4 Å². The Bertz CT molecular complexity index is 592. The zero-order valence-corrected chi connectivity index (χ0v) is 9.72. The first kappa shape index (κ1) is 12.9. The van der Waals surface area contributed by atoms with Crippen molar-refractivity contribution in [2.45, 2.75) is 0 Å². The monoisotopic (exact) mass is 261 g/mol. The largest absolute Gasteiger partial charge is 0.365 e. The molecule has 0 N–H and O–H groups in total. The molecule has 0 spiro atoms. The summed E-state index contributed by atoms with van der Waals surface area (Å²) in [6.45, 7) is 0. The van der Waals surface area contributed by atoms with Crippen LogP contribution in [0.3, 0.4) is 0 Å². The Hall–Kier alpha value is -2.56. The molecule has 0 aromatic heterocycles. The molecule has 96 valence electrons. The number of carbonyl (C=O) groups excluding carboxylic acids is 1. The number of oxime groups is 1. The summed E-state index contributed by atoms with van der Waals surface area (Å²) in [5.74, 6) is -2.10. The Morgan fingerprint density at radius 2 is 1.68 bits per heavy atom. The van der Waals surface area contributed by atoms with Crippen LogP contribution < -0.4 is 0 Å². The summed E-state index contributed by atoms with van der Waals surface area (Å²) < 4.78 is 25.7. The molecule has 2 aromatic rings. The highest BCUT2D eigenvalue weighted by atomic mass is 19.1. The number of rotatable bonds is 3. The third-order valence-corrected chi connectivity index (χ3v) is 2.23. The molecule has 5 heteroatoms. The minimum atomic E-state index is -0.726. The average Bonchev–Trinajstić information content (AvgIpc) is 2.38. The van der Waals surface area contributed by atoms with Gasteiger partial charge in [0.05, 0.1) is 11.8 Å². The van der Waals surface area contributed by atoms with E-state index in [1.54, 1.807) is 30.3 Å². The molecule has 0 amide bonds. The van der Waals surface area contributed by atoms with E-state index in [9.17, 15) is 13.6 Å². The van der Waals surface area contributed by atoms with Crippen molar-refractivity contribution in [1.82, 2.24) is 0 Å². The molecule has 0 unspecified atom stereocenters. The van der Waals surface area contributed by atoms with E-state index < -0.39 is 17.6 Å². The van der Waals surface area contributed by atoms with Crippen molar-refractivity contribution in [3.8, 4) is 0 Å². The molecular formula is C14H9F2NO2. The molecule has 0 aliphatic rings. The highest BCUT2D eigenvalue weighted by Gasteiger charge is 2.05. The minimum absolute atomic E-state index is 0.165. The van der Waals surface area contributed by atoms with Gasteiger partial charge in [0, 0.05) is 11.6 Å². The predicted molar refractivity (Wildman–Crippen MR) is 65.8 cm³/mol. The van der Waals surface area contributed by atoms with Gasteiger partial charge >= 0.3 is 5.97 Å². The van der Waals surface area contributed by atoms with Gasteiger partial charge < -0.3 is 4.84 Å². The Kier molecular flexibility index (Phi) is 3.97. The fourth-order valence-electron chi connectivity index (χ4n) is 1.41. The highest BCUT2D eigenvalue weighted by Crippen LogP contribution is 2.06. The lowest BCUT2D eigenvalue weighted by Gasteiger charge is -1.97. The molecule has 0 atom stereocenters. The molecule has 0 saturated carbocycles. The van der Waals surface area contributed by atoms with Crippen molar-refractivity contribution in [3.63, 3.8) is 0 Å². The number of hydrogen-bond donors (Lipinski definition) is 0. The van der Waals surface area contributed by atoms with Crippen molar-refractivity contribution in [2.75, 3.05) is 0 Å². The number of nitrogens with zero attached hydrogens (tertiary/aromatic N) is 1. The molecule has 0 aliphatic heterocycles. The van der Waals surface area contributed by atoms with Gasteiger partial charge in [-0.05, 0) is 24.3 Å². The molecule has 0 fully saturated rings. The Morgan fingerprint density at radius 1 is 1.05 bits per heavy atom. The van der Waals surface area contributed by atoms with Crippen LogP contribution in [-0.4, -0.2) is 12.2 Å². The quantitative estimate of drug-likeness (QED) is 0.483. The second-order valence-corrected chi connectivity index (χ2v) is 3.68. The Morgan fingerprint density at radius 3 is 2.32 bits per heavy atom. The van der Waals surface area contributed by atoms with E-state index in [1.807, 2.05) is 0 Å². The first-order valence-electron chi connectivity index (χ1n) is 5.41. The normalized spacial score (nSPS) is 10.6. The second kappa shape index (κ2) is 5.86. The van der Waals surface area contributed by atoms with Gasteiger partial charge in [0.2, 0.25) is 0 Å². The van der Waals surface area contributed by atoms with Crippen LogP contribution in [0.2, 0.25) is 0 Å². The highest BCUT2D eigenvalue weighted by molar-refractivity contribution is 5.90. The van der Waals surface area contributed by atoms with Crippen LogP contribution >= 0.6 is 0 Å². The van der Waals surface area contributed by atoms with E-state index in [2.05, 4.69) is 9.99 Å². The molecule has 3 nitrogen and oxygen atoms in total. The Labute approximate surface area is 108 Å². The number of halogens is 2. The van der Waals surface area contributed by atoms with Gasteiger partial charge in [0.15, 0.2) is 0 Å². The van der Waals surface area contributed by atoms with E-state index in [0.29, 0.717) is 5.56 Å². The fraction of sp³-hybridized carbons (Fsp3) is 0. The first-order chi connectivity index (χ1) is 9.15.